The van der Waals surface area contributed by atoms with Crippen LogP contribution in [0.4, 0.5) is 8.39 Å². The molecule has 0 fully saturated rings. The fourth-order valence-electron chi connectivity index (χ4n) is 3.11. The molecule has 0 N–H and O–H groups in total. The van der Waals surface area contributed by atoms with E-state index in [4.69, 9.17) is 0 Å². The molecule has 0 amide bonds. The van der Waals surface area contributed by atoms with Crippen LogP contribution in [-0.2, 0) is 0 Å². The molecule has 0 aromatic heterocycles. The average molecular weight is 328 g/mol. The van der Waals surface area contributed by atoms with Crippen LogP contribution in [0.15, 0.2) is 78.9 Å². The first-order chi connectivity index (χ1) is 10.9. The molecule has 23 heavy (non-hydrogen) atoms. The number of rotatable bonds is 3. The molecule has 0 aliphatic heterocycles. The number of halogens is 2. The minimum absolute atomic E-state index is 0.113. The second-order valence-electron chi connectivity index (χ2n) is 5.81. The summed E-state index contributed by atoms with van der Waals surface area (Å²) in [5, 5.41) is 0.417. The van der Waals surface area contributed by atoms with Crippen molar-refractivity contribution in [1.82, 2.24) is 0 Å². The molecule has 0 bridgehead atoms. The molecular formula is C20H19F2P. The van der Waals surface area contributed by atoms with Gasteiger partial charge in [0.25, 0.3) is 0 Å². The summed E-state index contributed by atoms with van der Waals surface area (Å²) in [4.78, 5) is 0. The van der Waals surface area contributed by atoms with Crippen molar-refractivity contribution >= 4 is 23.1 Å². The molecule has 3 aromatic rings. The van der Waals surface area contributed by atoms with Crippen molar-refractivity contribution in [3.63, 3.8) is 0 Å². The van der Waals surface area contributed by atoms with Crippen LogP contribution in [0.5, 0.6) is 0 Å². The third kappa shape index (κ3) is 2.38. The summed E-state index contributed by atoms with van der Waals surface area (Å²) in [6, 6.07) is 21.9. The molecule has 0 radical (unpaired) electrons. The predicted octanol–water partition coefficient (Wildman–Crippen LogP) is 4.90. The van der Waals surface area contributed by atoms with Crippen LogP contribution in [0.3, 0.4) is 0 Å². The van der Waals surface area contributed by atoms with Gasteiger partial charge in [-0.1, -0.05) is 0 Å². The van der Waals surface area contributed by atoms with Gasteiger partial charge in [0.05, 0.1) is 0 Å². The van der Waals surface area contributed by atoms with E-state index in [1.165, 1.54) is 0 Å². The van der Waals surface area contributed by atoms with Crippen molar-refractivity contribution in [1.29, 1.82) is 0 Å². The Morgan fingerprint density at radius 2 is 0.957 bits per heavy atom. The molecule has 0 spiro atoms. The Morgan fingerprint density at radius 1 is 0.565 bits per heavy atom. The van der Waals surface area contributed by atoms with E-state index in [1.54, 1.807) is 92.7 Å². The Balaban J connectivity index is 2.45. The molecule has 0 aliphatic rings. The van der Waals surface area contributed by atoms with Crippen molar-refractivity contribution < 1.29 is 8.39 Å². The Labute approximate surface area is 136 Å². The zero-order valence-corrected chi connectivity index (χ0v) is 14.1. The summed E-state index contributed by atoms with van der Waals surface area (Å²) in [5.41, 5.74) is 1.25. The van der Waals surface area contributed by atoms with Gasteiger partial charge in [0.1, 0.15) is 0 Å². The first kappa shape index (κ1) is 15.8. The molecule has 0 heterocycles. The minimum atomic E-state index is -5.47. The van der Waals surface area contributed by atoms with E-state index in [9.17, 15) is 0 Å². The molecule has 0 atom stereocenters. The Bertz CT molecular complexity index is 792. The number of benzene rings is 3. The maximum atomic E-state index is 16.7. The fraction of sp³-hybridized carbons (Fsp3) is 0.100. The zero-order chi connectivity index (χ0) is 16.5. The van der Waals surface area contributed by atoms with Crippen LogP contribution in [0.1, 0.15) is 11.1 Å². The Hall–Kier alpha value is -2.05. The second kappa shape index (κ2) is 5.54. The summed E-state index contributed by atoms with van der Waals surface area (Å²) >= 11 is 0. The van der Waals surface area contributed by atoms with Gasteiger partial charge in [0.15, 0.2) is 0 Å². The number of hydrogen-bond donors (Lipinski definition) is 0. The van der Waals surface area contributed by atoms with Crippen molar-refractivity contribution in [3.05, 3.63) is 90.0 Å². The third-order valence-corrected chi connectivity index (χ3v) is 8.19. The summed E-state index contributed by atoms with van der Waals surface area (Å²) in [6.07, 6.45) is 0. The summed E-state index contributed by atoms with van der Waals surface area (Å²) in [6.45, 7) is 3.52. The van der Waals surface area contributed by atoms with Gasteiger partial charge in [0, 0.05) is 0 Å². The van der Waals surface area contributed by atoms with Gasteiger partial charge in [0.2, 0.25) is 0 Å². The fourth-order valence-corrected chi connectivity index (χ4v) is 6.70. The van der Waals surface area contributed by atoms with Crippen molar-refractivity contribution in [2.24, 2.45) is 0 Å². The van der Waals surface area contributed by atoms with Crippen LogP contribution < -0.4 is 15.9 Å². The number of aryl methyl sites for hydroxylation is 2. The maximum absolute atomic E-state index is 16.7. The van der Waals surface area contributed by atoms with Crippen molar-refractivity contribution in [2.75, 3.05) is 0 Å². The van der Waals surface area contributed by atoms with Gasteiger partial charge in [-0.2, -0.15) is 0 Å². The summed E-state index contributed by atoms with van der Waals surface area (Å²) in [5.74, 6) is 0. The van der Waals surface area contributed by atoms with Crippen LogP contribution in [0.25, 0.3) is 0 Å². The molecule has 0 nitrogen and oxygen atoms in total. The van der Waals surface area contributed by atoms with Crippen molar-refractivity contribution in [3.8, 4) is 0 Å². The van der Waals surface area contributed by atoms with Crippen LogP contribution in [-0.4, -0.2) is 0 Å². The summed E-state index contributed by atoms with van der Waals surface area (Å²) in [7, 11) is -5.47. The van der Waals surface area contributed by atoms with Gasteiger partial charge < -0.3 is 0 Å². The van der Waals surface area contributed by atoms with Crippen LogP contribution >= 0.6 is 7.22 Å². The monoisotopic (exact) mass is 328 g/mol. The van der Waals surface area contributed by atoms with E-state index >= 15 is 8.39 Å². The molecule has 3 aromatic carbocycles. The molecule has 118 valence electrons. The SMILES string of the molecule is Cc1ccccc1P(F)(F)(c1ccccc1)c1ccccc1C. The van der Waals surface area contributed by atoms with Gasteiger partial charge in [-0.3, -0.25) is 0 Å². The van der Waals surface area contributed by atoms with Crippen LogP contribution in [0, 0.1) is 13.8 Å². The van der Waals surface area contributed by atoms with E-state index < -0.39 is 7.22 Å². The molecular weight excluding hydrogens is 309 g/mol. The number of hydrogen-bond acceptors (Lipinski definition) is 0. The predicted molar refractivity (Wildman–Crippen MR) is 96.8 cm³/mol. The Morgan fingerprint density at radius 3 is 1.39 bits per heavy atom. The quantitative estimate of drug-likeness (QED) is 0.600. The van der Waals surface area contributed by atoms with Gasteiger partial charge in [-0.25, -0.2) is 0 Å². The van der Waals surface area contributed by atoms with E-state index in [1.807, 2.05) is 0 Å². The molecule has 0 aliphatic carbocycles. The second-order valence-corrected chi connectivity index (χ2v) is 9.11. The molecule has 0 unspecified atom stereocenters. The third-order valence-electron chi connectivity index (χ3n) is 4.29. The van der Waals surface area contributed by atoms with Gasteiger partial charge >= 0.3 is 135 Å². The van der Waals surface area contributed by atoms with Crippen LogP contribution in [0.2, 0.25) is 0 Å². The average Bonchev–Trinajstić information content (AvgIpc) is 2.56. The Kier molecular flexibility index (Phi) is 3.82. The zero-order valence-electron chi connectivity index (χ0n) is 13.2. The molecule has 0 saturated heterocycles. The van der Waals surface area contributed by atoms with Crippen molar-refractivity contribution in [2.45, 2.75) is 13.8 Å². The van der Waals surface area contributed by atoms with E-state index in [0.717, 1.165) is 0 Å². The van der Waals surface area contributed by atoms with Gasteiger partial charge in [-0.15, -0.1) is 0 Å². The van der Waals surface area contributed by atoms with E-state index in [0.29, 0.717) is 11.1 Å². The van der Waals surface area contributed by atoms with E-state index in [2.05, 4.69) is 0 Å². The standard InChI is InChI=1S/C20H19F2P/c1-16-10-6-8-14-19(16)23(21,22,18-12-4-3-5-13-18)20-15-9-7-11-17(20)2/h3-15H,1-2H3. The van der Waals surface area contributed by atoms with Gasteiger partial charge in [-0.05, 0) is 0 Å². The van der Waals surface area contributed by atoms with E-state index in [-0.39, 0.29) is 15.9 Å². The first-order valence-corrected chi connectivity index (χ1v) is 9.59. The molecule has 3 rings (SSSR count). The summed E-state index contributed by atoms with van der Waals surface area (Å²) < 4.78 is 33.3. The topological polar surface area (TPSA) is 0 Å². The normalized spacial score (nSPS) is 13.3. The first-order valence-electron chi connectivity index (χ1n) is 7.57. The molecule has 3 heteroatoms. The molecule has 0 saturated carbocycles.